The van der Waals surface area contributed by atoms with Crippen molar-refractivity contribution in [2.45, 2.75) is 26.7 Å². The van der Waals surface area contributed by atoms with E-state index in [1.807, 2.05) is 38.3 Å². The average Bonchev–Trinajstić information content (AvgIpc) is 2.62. The molecule has 0 bridgehead atoms. The summed E-state index contributed by atoms with van der Waals surface area (Å²) in [5, 5.41) is 4.50. The van der Waals surface area contributed by atoms with E-state index in [-0.39, 0.29) is 0 Å². The first-order valence-corrected chi connectivity index (χ1v) is 9.17. The number of hydrogen-bond donors (Lipinski definition) is 1. The van der Waals surface area contributed by atoms with E-state index in [1.165, 1.54) is 0 Å². The van der Waals surface area contributed by atoms with Crippen molar-refractivity contribution in [2.24, 2.45) is 0 Å². The van der Waals surface area contributed by atoms with E-state index < -0.39 is 0 Å². The van der Waals surface area contributed by atoms with Crippen LogP contribution in [0.1, 0.15) is 25.5 Å². The standard InChI is InChI=1S/C22H23N3S/c1-4-9-18(10-5-2)25-20-13-16(3)23-15-19(20)21(26)14-22(25)24-17-11-7-6-8-12-17/h4-5,7,9-15,24H,1,6,8H2,2-3H3/b10-5-,18-9+. The van der Waals surface area contributed by atoms with Crippen LogP contribution in [0.15, 0.2) is 73.1 Å². The molecule has 2 aromatic rings. The molecule has 0 aliphatic heterocycles. The van der Waals surface area contributed by atoms with Crippen LogP contribution in [0.25, 0.3) is 16.6 Å². The van der Waals surface area contributed by atoms with Crippen molar-refractivity contribution in [1.29, 1.82) is 0 Å². The Bertz CT molecular complexity index is 1020. The number of fused-ring (bicyclic) bond motifs is 1. The molecular weight excluding hydrogens is 338 g/mol. The number of pyridine rings is 2. The Morgan fingerprint density at radius 1 is 1.35 bits per heavy atom. The van der Waals surface area contributed by atoms with Crippen LogP contribution < -0.4 is 5.32 Å². The third-order valence-corrected chi connectivity index (χ3v) is 4.52. The van der Waals surface area contributed by atoms with Crippen LogP contribution in [0.5, 0.6) is 0 Å². The van der Waals surface area contributed by atoms with Crippen molar-refractivity contribution in [3.8, 4) is 0 Å². The topological polar surface area (TPSA) is 29.9 Å². The van der Waals surface area contributed by atoms with Gasteiger partial charge in [0.1, 0.15) is 5.82 Å². The summed E-state index contributed by atoms with van der Waals surface area (Å²) < 4.78 is 2.95. The van der Waals surface area contributed by atoms with Gasteiger partial charge in [-0.05, 0) is 57.0 Å². The number of aryl methyl sites for hydroxylation is 1. The van der Waals surface area contributed by atoms with Crippen molar-refractivity contribution in [3.05, 3.63) is 83.3 Å². The minimum absolute atomic E-state index is 0.782. The zero-order chi connectivity index (χ0) is 18.5. The molecular formula is C22H23N3S. The summed E-state index contributed by atoms with van der Waals surface area (Å²) in [5.74, 6) is 0.928. The largest absolute Gasteiger partial charge is 0.342 e. The van der Waals surface area contributed by atoms with Crippen LogP contribution in [-0.4, -0.2) is 9.55 Å². The van der Waals surface area contributed by atoms with Crippen LogP contribution in [0.4, 0.5) is 5.82 Å². The molecule has 0 amide bonds. The van der Waals surface area contributed by atoms with Gasteiger partial charge in [-0.2, -0.15) is 0 Å². The third-order valence-electron chi connectivity index (χ3n) is 4.19. The normalized spacial score (nSPS) is 14.7. The summed E-state index contributed by atoms with van der Waals surface area (Å²) in [4.78, 5) is 4.43. The van der Waals surface area contributed by atoms with Gasteiger partial charge in [-0.1, -0.05) is 43.1 Å². The number of anilines is 1. The number of allylic oxidation sites excluding steroid dienone is 8. The third kappa shape index (κ3) is 3.75. The molecule has 0 saturated carbocycles. The maximum Gasteiger partial charge on any atom is 0.116 e. The van der Waals surface area contributed by atoms with Crippen molar-refractivity contribution in [2.75, 3.05) is 5.32 Å². The second kappa shape index (κ2) is 8.11. The second-order valence-corrected chi connectivity index (χ2v) is 6.60. The Kier molecular flexibility index (Phi) is 5.64. The van der Waals surface area contributed by atoms with E-state index >= 15 is 0 Å². The highest BCUT2D eigenvalue weighted by Crippen LogP contribution is 2.28. The molecule has 0 fully saturated rings. The van der Waals surface area contributed by atoms with Crippen LogP contribution >= 0.6 is 12.2 Å². The zero-order valence-electron chi connectivity index (χ0n) is 15.2. The highest BCUT2D eigenvalue weighted by atomic mass is 32.1. The molecule has 0 atom stereocenters. The Labute approximate surface area is 159 Å². The summed E-state index contributed by atoms with van der Waals surface area (Å²) >= 11 is 5.64. The van der Waals surface area contributed by atoms with Crippen LogP contribution in [-0.2, 0) is 0 Å². The highest BCUT2D eigenvalue weighted by molar-refractivity contribution is 7.71. The summed E-state index contributed by atoms with van der Waals surface area (Å²) in [5.41, 5.74) is 4.08. The lowest BCUT2D eigenvalue weighted by Gasteiger charge is -2.21. The fourth-order valence-electron chi connectivity index (χ4n) is 3.04. The van der Waals surface area contributed by atoms with E-state index in [9.17, 15) is 0 Å². The van der Waals surface area contributed by atoms with E-state index in [0.29, 0.717) is 0 Å². The van der Waals surface area contributed by atoms with E-state index in [1.54, 1.807) is 6.08 Å². The molecule has 1 N–H and O–H groups in total. The highest BCUT2D eigenvalue weighted by Gasteiger charge is 2.12. The van der Waals surface area contributed by atoms with E-state index in [0.717, 1.165) is 51.2 Å². The SMILES string of the molecule is C=C/C=C(\C=C/C)n1c(NC2=CCCC=C2)cc(=S)c2cnc(C)cc21. The van der Waals surface area contributed by atoms with Gasteiger partial charge in [-0.15, -0.1) is 0 Å². The summed E-state index contributed by atoms with van der Waals surface area (Å²) in [7, 11) is 0. The maximum absolute atomic E-state index is 5.64. The molecule has 3 nitrogen and oxygen atoms in total. The molecule has 0 spiro atoms. The second-order valence-electron chi connectivity index (χ2n) is 6.16. The van der Waals surface area contributed by atoms with Gasteiger partial charge in [0.05, 0.1) is 10.0 Å². The number of rotatable bonds is 5. The number of hydrogen-bond acceptors (Lipinski definition) is 3. The quantitative estimate of drug-likeness (QED) is 0.499. The molecule has 26 heavy (non-hydrogen) atoms. The molecule has 132 valence electrons. The summed E-state index contributed by atoms with van der Waals surface area (Å²) in [6.45, 7) is 7.87. The fourth-order valence-corrected chi connectivity index (χ4v) is 3.31. The zero-order valence-corrected chi connectivity index (χ0v) is 16.0. The fraction of sp³-hybridized carbons (Fsp3) is 0.182. The lowest BCUT2D eigenvalue weighted by Crippen LogP contribution is -2.10. The van der Waals surface area contributed by atoms with Crippen LogP contribution in [0, 0.1) is 11.4 Å². The molecule has 2 aromatic heterocycles. The monoisotopic (exact) mass is 361 g/mol. The van der Waals surface area contributed by atoms with Gasteiger partial charge >= 0.3 is 0 Å². The molecule has 1 aliphatic carbocycles. The Morgan fingerprint density at radius 2 is 2.19 bits per heavy atom. The van der Waals surface area contributed by atoms with Crippen molar-refractivity contribution in [3.63, 3.8) is 0 Å². The first-order valence-electron chi connectivity index (χ1n) is 8.76. The van der Waals surface area contributed by atoms with Crippen LogP contribution in [0.2, 0.25) is 0 Å². The minimum atomic E-state index is 0.782. The maximum atomic E-state index is 5.64. The molecule has 2 heterocycles. The molecule has 0 unspecified atom stereocenters. The predicted octanol–water partition coefficient (Wildman–Crippen LogP) is 6.32. The number of nitrogens with one attached hydrogen (secondary N) is 1. The average molecular weight is 362 g/mol. The molecule has 0 saturated heterocycles. The van der Waals surface area contributed by atoms with Crippen molar-refractivity contribution in [1.82, 2.24) is 9.55 Å². The molecule has 0 aromatic carbocycles. The molecule has 3 rings (SSSR count). The smallest absolute Gasteiger partial charge is 0.116 e. The van der Waals surface area contributed by atoms with Crippen molar-refractivity contribution < 1.29 is 0 Å². The summed E-state index contributed by atoms with van der Waals surface area (Å²) in [6, 6.07) is 4.07. The van der Waals surface area contributed by atoms with Gasteiger partial charge < -0.3 is 5.32 Å². The first kappa shape index (κ1) is 18.1. The Balaban J connectivity index is 2.31. The van der Waals surface area contributed by atoms with Gasteiger partial charge in [0.25, 0.3) is 0 Å². The van der Waals surface area contributed by atoms with Gasteiger partial charge in [-0.25, -0.2) is 0 Å². The van der Waals surface area contributed by atoms with Gasteiger partial charge in [0, 0.05) is 28.7 Å². The lowest BCUT2D eigenvalue weighted by atomic mass is 10.1. The van der Waals surface area contributed by atoms with Gasteiger partial charge in [0.15, 0.2) is 0 Å². The summed E-state index contributed by atoms with van der Waals surface area (Å²) in [6.07, 6.45) is 18.4. The lowest BCUT2D eigenvalue weighted by molar-refractivity contribution is 1.01. The van der Waals surface area contributed by atoms with Crippen molar-refractivity contribution >= 4 is 34.6 Å². The first-order chi connectivity index (χ1) is 12.6. The number of aromatic nitrogens is 2. The Morgan fingerprint density at radius 3 is 2.88 bits per heavy atom. The van der Waals surface area contributed by atoms with Gasteiger partial charge in [-0.3, -0.25) is 9.55 Å². The molecule has 4 heteroatoms. The number of nitrogens with zero attached hydrogens (tertiary/aromatic N) is 2. The van der Waals surface area contributed by atoms with E-state index in [2.05, 4.69) is 51.8 Å². The Hall–Kier alpha value is -2.72. The minimum Gasteiger partial charge on any atom is -0.342 e. The molecule has 1 aliphatic rings. The van der Waals surface area contributed by atoms with E-state index in [4.69, 9.17) is 12.2 Å². The van der Waals surface area contributed by atoms with Gasteiger partial charge in [0.2, 0.25) is 0 Å². The predicted molar refractivity (Wildman–Crippen MR) is 115 cm³/mol. The molecule has 0 radical (unpaired) electrons. The van der Waals surface area contributed by atoms with Crippen LogP contribution in [0.3, 0.4) is 0 Å².